The molecule has 0 radical (unpaired) electrons. The van der Waals surface area contributed by atoms with Crippen LogP contribution in [0, 0.1) is 5.92 Å². The van der Waals surface area contributed by atoms with Crippen molar-refractivity contribution in [2.45, 2.75) is 26.3 Å². The number of methoxy groups -OCH3 is 1. The van der Waals surface area contributed by atoms with Crippen LogP contribution in [-0.2, 0) is 20.9 Å². The van der Waals surface area contributed by atoms with E-state index in [9.17, 15) is 9.59 Å². The quantitative estimate of drug-likeness (QED) is 0.251. The molecule has 1 N–H and O–H groups in total. The van der Waals surface area contributed by atoms with E-state index in [4.69, 9.17) is 14.5 Å². The molecule has 168 valence electrons. The minimum Gasteiger partial charge on any atom is -0.484 e. The van der Waals surface area contributed by atoms with Gasteiger partial charge in [0.15, 0.2) is 12.6 Å². The number of likely N-dealkylation sites (tertiary alicyclic amines) is 1. The summed E-state index contributed by atoms with van der Waals surface area (Å²) in [6.45, 7) is 4.84. The zero-order valence-corrected chi connectivity index (χ0v) is 20.5. The lowest BCUT2D eigenvalue weighted by Crippen LogP contribution is -2.46. The summed E-state index contributed by atoms with van der Waals surface area (Å²) in [5.41, 5.74) is 1.000. The van der Waals surface area contributed by atoms with Gasteiger partial charge in [-0.05, 0) is 37.5 Å². The van der Waals surface area contributed by atoms with E-state index in [1.165, 1.54) is 12.0 Å². The number of guanidine groups is 1. The third-order valence-electron chi connectivity index (χ3n) is 4.83. The summed E-state index contributed by atoms with van der Waals surface area (Å²) in [5.74, 6) is 1.24. The van der Waals surface area contributed by atoms with Gasteiger partial charge in [0.2, 0.25) is 0 Å². The SMILES string of the molecule is CCNC(=NCc1cccc(OCC(=O)N(C)C)c1)N1CCC(C(=O)OC)CC1.I. The van der Waals surface area contributed by atoms with Gasteiger partial charge in [-0.15, -0.1) is 24.0 Å². The Kier molecular flexibility index (Phi) is 11.5. The van der Waals surface area contributed by atoms with Crippen molar-refractivity contribution in [2.75, 3.05) is 47.4 Å². The number of carbonyl (C=O) groups excluding carboxylic acids is 2. The van der Waals surface area contributed by atoms with Crippen LogP contribution in [0.15, 0.2) is 29.3 Å². The molecule has 9 heteroatoms. The Balaban J connectivity index is 0.00000450. The van der Waals surface area contributed by atoms with E-state index in [-0.39, 0.29) is 48.4 Å². The number of aliphatic imine (C=N–C) groups is 1. The van der Waals surface area contributed by atoms with Crippen LogP contribution >= 0.6 is 24.0 Å². The van der Waals surface area contributed by atoms with Gasteiger partial charge >= 0.3 is 5.97 Å². The van der Waals surface area contributed by atoms with E-state index < -0.39 is 0 Å². The minimum atomic E-state index is -0.129. The highest BCUT2D eigenvalue weighted by Gasteiger charge is 2.26. The Morgan fingerprint density at radius 1 is 1.27 bits per heavy atom. The molecule has 8 nitrogen and oxygen atoms in total. The number of hydrogen-bond acceptors (Lipinski definition) is 5. The number of esters is 1. The van der Waals surface area contributed by atoms with Gasteiger partial charge < -0.3 is 24.6 Å². The lowest BCUT2D eigenvalue weighted by atomic mass is 9.97. The molecule has 1 aliphatic rings. The molecule has 0 spiro atoms. The average Bonchev–Trinajstić information content (AvgIpc) is 2.74. The second-order valence-corrected chi connectivity index (χ2v) is 7.18. The normalized spacial score (nSPS) is 14.5. The molecule has 1 aromatic carbocycles. The van der Waals surface area contributed by atoms with Gasteiger partial charge in [-0.1, -0.05) is 12.1 Å². The van der Waals surface area contributed by atoms with Gasteiger partial charge in [0, 0.05) is 33.7 Å². The monoisotopic (exact) mass is 532 g/mol. The summed E-state index contributed by atoms with van der Waals surface area (Å²) < 4.78 is 10.4. The van der Waals surface area contributed by atoms with Crippen molar-refractivity contribution in [1.29, 1.82) is 0 Å². The molecule has 1 heterocycles. The predicted octanol–water partition coefficient (Wildman–Crippen LogP) is 2.12. The summed E-state index contributed by atoms with van der Waals surface area (Å²) >= 11 is 0. The second-order valence-electron chi connectivity index (χ2n) is 7.18. The van der Waals surface area contributed by atoms with Gasteiger partial charge in [0.1, 0.15) is 5.75 Å². The van der Waals surface area contributed by atoms with Crippen molar-refractivity contribution in [2.24, 2.45) is 10.9 Å². The Morgan fingerprint density at radius 2 is 1.97 bits per heavy atom. The van der Waals surface area contributed by atoms with Gasteiger partial charge in [0.25, 0.3) is 5.91 Å². The van der Waals surface area contributed by atoms with Crippen LogP contribution < -0.4 is 10.1 Å². The molecular formula is C21H33IN4O4. The number of hydrogen-bond donors (Lipinski definition) is 1. The second kappa shape index (κ2) is 13.3. The largest absolute Gasteiger partial charge is 0.484 e. The summed E-state index contributed by atoms with van der Waals surface area (Å²) in [6, 6.07) is 7.62. The van der Waals surface area contributed by atoms with Crippen LogP contribution in [0.1, 0.15) is 25.3 Å². The molecule has 1 amide bonds. The molecule has 0 saturated carbocycles. The lowest BCUT2D eigenvalue weighted by molar-refractivity contribution is -0.146. The summed E-state index contributed by atoms with van der Waals surface area (Å²) in [4.78, 5) is 31.8. The summed E-state index contributed by atoms with van der Waals surface area (Å²) in [5, 5.41) is 3.33. The van der Waals surface area contributed by atoms with E-state index in [2.05, 4.69) is 10.2 Å². The molecule has 1 saturated heterocycles. The third kappa shape index (κ3) is 8.00. The number of nitrogens with one attached hydrogen (secondary N) is 1. The van der Waals surface area contributed by atoms with Gasteiger partial charge in [-0.25, -0.2) is 4.99 Å². The van der Waals surface area contributed by atoms with Crippen molar-refractivity contribution in [3.05, 3.63) is 29.8 Å². The maximum absolute atomic E-state index is 11.7. The average molecular weight is 532 g/mol. The van der Waals surface area contributed by atoms with E-state index >= 15 is 0 Å². The fourth-order valence-electron chi connectivity index (χ4n) is 3.09. The molecule has 0 bridgehead atoms. The number of amides is 1. The first-order valence-corrected chi connectivity index (χ1v) is 9.97. The van der Waals surface area contributed by atoms with Crippen molar-refractivity contribution in [3.63, 3.8) is 0 Å². The first kappa shape index (κ1) is 26.0. The van der Waals surface area contributed by atoms with E-state index in [1.807, 2.05) is 31.2 Å². The molecule has 1 aromatic rings. The fraction of sp³-hybridized carbons (Fsp3) is 0.571. The maximum atomic E-state index is 11.7. The minimum absolute atomic E-state index is 0. The first-order valence-electron chi connectivity index (χ1n) is 9.97. The molecule has 2 rings (SSSR count). The zero-order chi connectivity index (χ0) is 21.2. The van der Waals surface area contributed by atoms with Crippen LogP contribution in [0.3, 0.4) is 0 Å². The molecule has 1 fully saturated rings. The van der Waals surface area contributed by atoms with Crippen molar-refractivity contribution >= 4 is 41.8 Å². The number of likely N-dealkylation sites (N-methyl/N-ethyl adjacent to an activating group) is 1. The van der Waals surface area contributed by atoms with Crippen molar-refractivity contribution in [3.8, 4) is 5.75 Å². The maximum Gasteiger partial charge on any atom is 0.308 e. The number of nitrogens with zero attached hydrogens (tertiary/aromatic N) is 3. The summed E-state index contributed by atoms with van der Waals surface area (Å²) in [6.07, 6.45) is 1.53. The van der Waals surface area contributed by atoms with Crippen molar-refractivity contribution < 1.29 is 19.1 Å². The van der Waals surface area contributed by atoms with E-state index in [0.29, 0.717) is 12.3 Å². The van der Waals surface area contributed by atoms with Crippen LogP contribution in [0.2, 0.25) is 0 Å². The highest BCUT2D eigenvalue weighted by molar-refractivity contribution is 14.0. The molecule has 30 heavy (non-hydrogen) atoms. The first-order chi connectivity index (χ1) is 13.9. The number of ether oxygens (including phenoxy) is 2. The lowest BCUT2D eigenvalue weighted by Gasteiger charge is -2.33. The fourth-order valence-corrected chi connectivity index (χ4v) is 3.09. The van der Waals surface area contributed by atoms with Gasteiger partial charge in [0.05, 0.1) is 19.6 Å². The Labute approximate surface area is 196 Å². The smallest absolute Gasteiger partial charge is 0.308 e. The Morgan fingerprint density at radius 3 is 2.57 bits per heavy atom. The van der Waals surface area contributed by atoms with Crippen molar-refractivity contribution in [1.82, 2.24) is 15.1 Å². The molecule has 0 aliphatic carbocycles. The zero-order valence-electron chi connectivity index (χ0n) is 18.2. The number of benzene rings is 1. The predicted molar refractivity (Wildman–Crippen MR) is 127 cm³/mol. The number of halogens is 1. The number of rotatable bonds is 7. The topological polar surface area (TPSA) is 83.5 Å². The Hall–Kier alpha value is -2.04. The van der Waals surface area contributed by atoms with E-state index in [0.717, 1.165) is 44.0 Å². The summed E-state index contributed by atoms with van der Waals surface area (Å²) in [7, 11) is 4.84. The van der Waals surface area contributed by atoms with Crippen LogP contribution in [0.4, 0.5) is 0 Å². The van der Waals surface area contributed by atoms with E-state index in [1.54, 1.807) is 14.1 Å². The van der Waals surface area contributed by atoms with Gasteiger partial charge in [-0.2, -0.15) is 0 Å². The Bertz CT molecular complexity index is 719. The molecule has 0 unspecified atom stereocenters. The number of piperidine rings is 1. The molecular weight excluding hydrogens is 499 g/mol. The molecule has 1 aliphatic heterocycles. The number of carbonyl (C=O) groups is 2. The van der Waals surface area contributed by atoms with Crippen LogP contribution in [0.5, 0.6) is 5.75 Å². The molecule has 0 atom stereocenters. The molecule has 0 aromatic heterocycles. The van der Waals surface area contributed by atoms with Gasteiger partial charge in [-0.3, -0.25) is 9.59 Å². The van der Waals surface area contributed by atoms with Crippen LogP contribution in [-0.4, -0.2) is 75.1 Å². The highest BCUT2D eigenvalue weighted by atomic mass is 127. The highest BCUT2D eigenvalue weighted by Crippen LogP contribution is 2.19. The third-order valence-corrected chi connectivity index (χ3v) is 4.83. The standard InChI is InChI=1S/C21H32N4O4.HI/c1-5-22-21(25-11-9-17(10-12-25)20(27)28-4)23-14-16-7-6-8-18(13-16)29-15-19(26)24(2)3;/h6-8,13,17H,5,9-12,14-15H2,1-4H3,(H,22,23);1H. The van der Waals surface area contributed by atoms with Crippen LogP contribution in [0.25, 0.3) is 0 Å².